The summed E-state index contributed by atoms with van der Waals surface area (Å²) in [6, 6.07) is 10.4. The summed E-state index contributed by atoms with van der Waals surface area (Å²) < 4.78 is 33.5. The molecule has 26 heavy (non-hydrogen) atoms. The van der Waals surface area contributed by atoms with Gasteiger partial charge < -0.3 is 10.1 Å². The first-order valence-electron chi connectivity index (χ1n) is 8.51. The maximum Gasteiger partial charge on any atom is 0.264 e. The lowest BCUT2D eigenvalue weighted by molar-refractivity contribution is -0.115. The first kappa shape index (κ1) is 16.9. The summed E-state index contributed by atoms with van der Waals surface area (Å²) in [6.45, 7) is 2.46. The Morgan fingerprint density at radius 3 is 2.73 bits per heavy atom. The lowest BCUT2D eigenvalue weighted by atomic mass is 9.95. The number of nitrogens with one attached hydrogen (secondary N) is 1. The maximum absolute atomic E-state index is 13.4. The average Bonchev–Trinajstić information content (AvgIpc) is 2.99. The van der Waals surface area contributed by atoms with Crippen LogP contribution in [0.4, 0.5) is 11.4 Å². The molecule has 6 nitrogen and oxygen atoms in total. The summed E-state index contributed by atoms with van der Waals surface area (Å²) in [5.41, 5.74) is 3.05. The summed E-state index contributed by atoms with van der Waals surface area (Å²) >= 11 is 0. The van der Waals surface area contributed by atoms with Crippen molar-refractivity contribution in [2.24, 2.45) is 5.92 Å². The molecule has 1 amide bonds. The zero-order valence-electron chi connectivity index (χ0n) is 14.7. The quantitative estimate of drug-likeness (QED) is 0.899. The van der Waals surface area contributed by atoms with Gasteiger partial charge in [0.1, 0.15) is 5.75 Å². The zero-order chi connectivity index (χ0) is 18.5. The number of amides is 1. The van der Waals surface area contributed by atoms with E-state index in [0.717, 1.165) is 12.0 Å². The molecule has 0 saturated carbocycles. The van der Waals surface area contributed by atoms with E-state index in [2.05, 4.69) is 5.32 Å². The van der Waals surface area contributed by atoms with Crippen LogP contribution in [0.5, 0.6) is 5.75 Å². The molecule has 0 aromatic heterocycles. The number of methoxy groups -OCH3 is 1. The van der Waals surface area contributed by atoms with Crippen LogP contribution in [0, 0.1) is 5.92 Å². The van der Waals surface area contributed by atoms with Gasteiger partial charge >= 0.3 is 0 Å². The molecular weight excluding hydrogens is 352 g/mol. The fraction of sp³-hybridized carbons (Fsp3) is 0.316. The van der Waals surface area contributed by atoms with Crippen LogP contribution in [-0.2, 0) is 27.7 Å². The molecule has 1 N–H and O–H groups in total. The van der Waals surface area contributed by atoms with E-state index < -0.39 is 10.0 Å². The van der Waals surface area contributed by atoms with Gasteiger partial charge in [0.05, 0.1) is 24.1 Å². The number of hydrogen-bond acceptors (Lipinski definition) is 4. The number of carbonyl (C=O) groups is 1. The van der Waals surface area contributed by atoms with Crippen molar-refractivity contribution in [2.45, 2.75) is 24.7 Å². The molecule has 136 valence electrons. The topological polar surface area (TPSA) is 75.7 Å². The highest BCUT2D eigenvalue weighted by molar-refractivity contribution is 7.92. The second-order valence-corrected chi connectivity index (χ2v) is 8.75. The average molecular weight is 372 g/mol. The number of fused-ring (bicyclic) bond motifs is 2. The molecule has 2 aliphatic rings. The van der Waals surface area contributed by atoms with Crippen molar-refractivity contribution in [2.75, 3.05) is 23.3 Å². The summed E-state index contributed by atoms with van der Waals surface area (Å²) in [6.07, 6.45) is 1.04. The smallest absolute Gasteiger partial charge is 0.264 e. The Hall–Kier alpha value is -2.54. The third kappa shape index (κ3) is 2.72. The van der Waals surface area contributed by atoms with Crippen LogP contribution >= 0.6 is 0 Å². The van der Waals surface area contributed by atoms with E-state index in [4.69, 9.17) is 4.74 Å². The van der Waals surface area contributed by atoms with Gasteiger partial charge in [-0.05, 0) is 47.7 Å². The Balaban J connectivity index is 1.80. The zero-order valence-corrected chi connectivity index (χ0v) is 15.5. The van der Waals surface area contributed by atoms with Crippen LogP contribution in [0.25, 0.3) is 0 Å². The monoisotopic (exact) mass is 372 g/mol. The van der Waals surface area contributed by atoms with Crippen molar-refractivity contribution in [3.05, 3.63) is 47.5 Å². The van der Waals surface area contributed by atoms with E-state index >= 15 is 0 Å². The van der Waals surface area contributed by atoms with Crippen molar-refractivity contribution in [1.82, 2.24) is 0 Å². The SMILES string of the molecule is COc1ccc2c(c1)N(S(=O)(=O)c1ccc3c(c1)CC(=O)N3)CC(C)C2. The summed E-state index contributed by atoms with van der Waals surface area (Å²) in [7, 11) is -2.17. The summed E-state index contributed by atoms with van der Waals surface area (Å²) in [4.78, 5) is 11.8. The molecule has 2 aromatic rings. The molecular formula is C19H20N2O4S. The molecule has 7 heteroatoms. The standard InChI is InChI=1S/C19H20N2O4S/c1-12-7-13-3-4-15(25-2)10-18(13)21(11-12)26(23,24)16-5-6-17-14(8-16)9-19(22)20-17/h3-6,8,10,12H,7,9,11H2,1-2H3,(H,20,22). The van der Waals surface area contributed by atoms with Gasteiger partial charge in [-0.1, -0.05) is 13.0 Å². The molecule has 2 aromatic carbocycles. The maximum atomic E-state index is 13.4. The van der Waals surface area contributed by atoms with Gasteiger partial charge in [0.2, 0.25) is 5.91 Å². The molecule has 2 heterocycles. The van der Waals surface area contributed by atoms with Gasteiger partial charge in [0.25, 0.3) is 10.0 Å². The van der Waals surface area contributed by atoms with Crippen LogP contribution in [0.15, 0.2) is 41.3 Å². The van der Waals surface area contributed by atoms with Crippen LogP contribution in [-0.4, -0.2) is 28.0 Å². The first-order chi connectivity index (χ1) is 12.4. The van der Waals surface area contributed by atoms with Crippen LogP contribution in [0.1, 0.15) is 18.1 Å². The number of benzene rings is 2. The van der Waals surface area contributed by atoms with E-state index in [9.17, 15) is 13.2 Å². The number of carbonyl (C=O) groups excluding carboxylic acids is 1. The number of nitrogens with zero attached hydrogens (tertiary/aromatic N) is 1. The van der Waals surface area contributed by atoms with Crippen molar-refractivity contribution in [3.63, 3.8) is 0 Å². The number of rotatable bonds is 3. The van der Waals surface area contributed by atoms with E-state index in [1.165, 1.54) is 4.31 Å². The highest BCUT2D eigenvalue weighted by Gasteiger charge is 2.33. The summed E-state index contributed by atoms with van der Waals surface area (Å²) in [5, 5.41) is 2.73. The predicted molar refractivity (Wildman–Crippen MR) is 99.2 cm³/mol. The summed E-state index contributed by atoms with van der Waals surface area (Å²) in [5.74, 6) is 0.724. The van der Waals surface area contributed by atoms with Crippen molar-refractivity contribution < 1.29 is 17.9 Å². The van der Waals surface area contributed by atoms with Crippen molar-refractivity contribution >= 4 is 27.3 Å². The Morgan fingerprint density at radius 1 is 1.15 bits per heavy atom. The molecule has 2 aliphatic heterocycles. The minimum atomic E-state index is -3.73. The van der Waals surface area contributed by atoms with Gasteiger partial charge in [-0.25, -0.2) is 8.42 Å². The van der Waals surface area contributed by atoms with Crippen molar-refractivity contribution in [3.8, 4) is 5.75 Å². The van der Waals surface area contributed by atoms with Crippen LogP contribution in [0.2, 0.25) is 0 Å². The van der Waals surface area contributed by atoms with Gasteiger partial charge in [-0.15, -0.1) is 0 Å². The Morgan fingerprint density at radius 2 is 1.96 bits per heavy atom. The molecule has 0 saturated heterocycles. The Labute approximate surface area is 152 Å². The Kier molecular flexibility index (Phi) is 3.91. The lowest BCUT2D eigenvalue weighted by Crippen LogP contribution is -2.39. The lowest BCUT2D eigenvalue weighted by Gasteiger charge is -2.34. The first-order valence-corrected chi connectivity index (χ1v) is 9.95. The number of ether oxygens (including phenoxy) is 1. The number of anilines is 2. The molecule has 0 spiro atoms. The third-order valence-corrected chi connectivity index (χ3v) is 6.67. The van der Waals surface area contributed by atoms with Gasteiger partial charge in [0.15, 0.2) is 0 Å². The normalized spacial score (nSPS) is 18.9. The molecule has 0 fully saturated rings. The molecule has 1 atom stereocenters. The second kappa shape index (κ2) is 6.02. The van der Waals surface area contributed by atoms with Gasteiger partial charge in [-0.2, -0.15) is 0 Å². The minimum absolute atomic E-state index is 0.115. The minimum Gasteiger partial charge on any atom is -0.497 e. The largest absolute Gasteiger partial charge is 0.497 e. The molecule has 0 radical (unpaired) electrons. The van der Waals surface area contributed by atoms with E-state index in [1.807, 2.05) is 19.1 Å². The van der Waals surface area contributed by atoms with Crippen LogP contribution < -0.4 is 14.4 Å². The molecule has 0 aliphatic carbocycles. The highest BCUT2D eigenvalue weighted by Crippen LogP contribution is 2.37. The van der Waals surface area contributed by atoms with Crippen molar-refractivity contribution in [1.29, 1.82) is 0 Å². The molecule has 0 bridgehead atoms. The molecule has 4 rings (SSSR count). The van der Waals surface area contributed by atoms with Gasteiger partial charge in [0, 0.05) is 18.3 Å². The number of hydrogen-bond donors (Lipinski definition) is 1. The Bertz CT molecular complexity index is 1000. The molecule has 1 unspecified atom stereocenters. The number of sulfonamides is 1. The highest BCUT2D eigenvalue weighted by atomic mass is 32.2. The van der Waals surface area contributed by atoms with E-state index in [-0.39, 0.29) is 23.1 Å². The van der Waals surface area contributed by atoms with E-state index in [0.29, 0.717) is 29.2 Å². The fourth-order valence-electron chi connectivity index (χ4n) is 3.62. The predicted octanol–water partition coefficient (Wildman–Crippen LogP) is 2.58. The fourth-order valence-corrected chi connectivity index (χ4v) is 5.28. The van der Waals surface area contributed by atoms with E-state index in [1.54, 1.807) is 31.4 Å². The third-order valence-electron chi connectivity index (χ3n) is 4.90. The van der Waals surface area contributed by atoms with Crippen LogP contribution in [0.3, 0.4) is 0 Å². The second-order valence-electron chi connectivity index (χ2n) is 6.88. The van der Waals surface area contributed by atoms with Gasteiger partial charge in [-0.3, -0.25) is 9.10 Å².